The molecule has 1 heterocycles. The number of hydrogen-bond acceptors (Lipinski definition) is 4. The van der Waals surface area contributed by atoms with Crippen molar-refractivity contribution in [2.75, 3.05) is 25.1 Å². The number of hydrogen-bond donors (Lipinski definition) is 3. The number of benzene rings is 1. The van der Waals surface area contributed by atoms with Crippen LogP contribution in [0.4, 0.5) is 10.1 Å². The molecule has 0 saturated carbocycles. The molecule has 0 aromatic heterocycles. The molecule has 5 nitrogen and oxygen atoms in total. The fourth-order valence-electron chi connectivity index (χ4n) is 2.71. The number of carbonyl (C=O) groups is 1. The van der Waals surface area contributed by atoms with E-state index in [1.165, 1.54) is 12.1 Å². The van der Waals surface area contributed by atoms with Gasteiger partial charge in [0.05, 0.1) is 11.3 Å². The number of hydrazine groups is 1. The average molecular weight is 280 g/mol. The SMILES string of the molecule is CCN1CCCC1CNC(=O)c1cccc(F)c1NN. The van der Waals surface area contributed by atoms with Crippen LogP contribution in [0, 0.1) is 5.82 Å². The molecular weight excluding hydrogens is 259 g/mol. The van der Waals surface area contributed by atoms with Crippen LogP contribution in [0.2, 0.25) is 0 Å². The van der Waals surface area contributed by atoms with Gasteiger partial charge in [-0.3, -0.25) is 15.5 Å². The molecule has 2 rings (SSSR count). The van der Waals surface area contributed by atoms with Gasteiger partial charge >= 0.3 is 0 Å². The third-order valence-electron chi connectivity index (χ3n) is 3.81. The highest BCUT2D eigenvalue weighted by Crippen LogP contribution is 2.19. The van der Waals surface area contributed by atoms with Gasteiger partial charge in [0.25, 0.3) is 5.91 Å². The Kier molecular flexibility index (Phi) is 4.92. The Hall–Kier alpha value is -1.66. The summed E-state index contributed by atoms with van der Waals surface area (Å²) in [6.45, 7) is 4.75. The molecule has 1 aliphatic rings. The van der Waals surface area contributed by atoms with Crippen LogP contribution in [0.1, 0.15) is 30.1 Å². The van der Waals surface area contributed by atoms with Crippen molar-refractivity contribution < 1.29 is 9.18 Å². The first-order valence-corrected chi connectivity index (χ1v) is 6.94. The summed E-state index contributed by atoms with van der Waals surface area (Å²) >= 11 is 0. The van der Waals surface area contributed by atoms with Crippen LogP contribution in [0.3, 0.4) is 0 Å². The molecule has 1 saturated heterocycles. The summed E-state index contributed by atoms with van der Waals surface area (Å²) in [5, 5.41) is 2.86. The second kappa shape index (κ2) is 6.67. The highest BCUT2D eigenvalue weighted by molar-refractivity contribution is 5.99. The standard InChI is InChI=1S/C14H21FN4O/c1-2-19-8-4-5-10(19)9-17-14(20)11-6-3-7-12(15)13(11)18-16/h3,6-7,10,18H,2,4-5,8-9,16H2,1H3,(H,17,20). The molecular formula is C14H21FN4O. The minimum Gasteiger partial charge on any atom is -0.350 e. The van der Waals surface area contributed by atoms with Gasteiger partial charge in [-0.25, -0.2) is 4.39 Å². The molecule has 0 bridgehead atoms. The summed E-state index contributed by atoms with van der Waals surface area (Å²) in [5.41, 5.74) is 2.51. The molecule has 1 aromatic rings. The molecule has 1 amide bonds. The first-order valence-electron chi connectivity index (χ1n) is 6.94. The van der Waals surface area contributed by atoms with Crippen LogP contribution in [0.15, 0.2) is 18.2 Å². The van der Waals surface area contributed by atoms with Crippen molar-refractivity contribution >= 4 is 11.6 Å². The topological polar surface area (TPSA) is 70.4 Å². The van der Waals surface area contributed by atoms with Gasteiger partial charge in [0.15, 0.2) is 0 Å². The lowest BCUT2D eigenvalue weighted by atomic mass is 10.1. The largest absolute Gasteiger partial charge is 0.350 e. The number of nitrogens with zero attached hydrogens (tertiary/aromatic N) is 1. The van der Waals surface area contributed by atoms with Crippen LogP contribution in [-0.2, 0) is 0 Å². The van der Waals surface area contributed by atoms with E-state index in [4.69, 9.17) is 5.84 Å². The van der Waals surface area contributed by atoms with Crippen molar-refractivity contribution in [2.45, 2.75) is 25.8 Å². The quantitative estimate of drug-likeness (QED) is 0.562. The van der Waals surface area contributed by atoms with Gasteiger partial charge in [-0.2, -0.15) is 0 Å². The maximum Gasteiger partial charge on any atom is 0.253 e. The Morgan fingerprint density at radius 3 is 3.05 bits per heavy atom. The van der Waals surface area contributed by atoms with Crippen molar-refractivity contribution in [2.24, 2.45) is 5.84 Å². The molecule has 20 heavy (non-hydrogen) atoms. The number of para-hydroxylation sites is 1. The highest BCUT2D eigenvalue weighted by atomic mass is 19.1. The number of anilines is 1. The van der Waals surface area contributed by atoms with Gasteiger partial charge in [-0.15, -0.1) is 0 Å². The summed E-state index contributed by atoms with van der Waals surface area (Å²) in [4.78, 5) is 14.5. The normalized spacial score (nSPS) is 19.1. The Balaban J connectivity index is 2.00. The van der Waals surface area contributed by atoms with Gasteiger partial charge < -0.3 is 10.7 Å². The predicted molar refractivity (Wildman–Crippen MR) is 76.8 cm³/mol. The molecule has 1 aliphatic heterocycles. The zero-order chi connectivity index (χ0) is 14.5. The van der Waals surface area contributed by atoms with E-state index in [0.717, 1.165) is 25.9 Å². The Morgan fingerprint density at radius 1 is 1.55 bits per heavy atom. The third kappa shape index (κ3) is 3.08. The minimum atomic E-state index is -0.531. The van der Waals surface area contributed by atoms with Crippen molar-refractivity contribution in [3.05, 3.63) is 29.6 Å². The van der Waals surface area contributed by atoms with E-state index < -0.39 is 5.82 Å². The fourth-order valence-corrected chi connectivity index (χ4v) is 2.71. The highest BCUT2D eigenvalue weighted by Gasteiger charge is 2.24. The Morgan fingerprint density at radius 2 is 2.35 bits per heavy atom. The van der Waals surface area contributed by atoms with Crippen molar-refractivity contribution in [1.82, 2.24) is 10.2 Å². The van der Waals surface area contributed by atoms with E-state index in [0.29, 0.717) is 12.6 Å². The zero-order valence-electron chi connectivity index (χ0n) is 11.7. The smallest absolute Gasteiger partial charge is 0.253 e. The Labute approximate surface area is 118 Å². The number of carbonyl (C=O) groups excluding carboxylic acids is 1. The molecule has 4 N–H and O–H groups in total. The molecule has 0 spiro atoms. The lowest BCUT2D eigenvalue weighted by Gasteiger charge is -2.23. The van der Waals surface area contributed by atoms with Gasteiger partial charge in [0.2, 0.25) is 0 Å². The lowest BCUT2D eigenvalue weighted by molar-refractivity contribution is 0.0942. The number of nitrogens with one attached hydrogen (secondary N) is 2. The van der Waals surface area contributed by atoms with E-state index in [9.17, 15) is 9.18 Å². The van der Waals surface area contributed by atoms with Crippen molar-refractivity contribution in [3.63, 3.8) is 0 Å². The van der Waals surface area contributed by atoms with Gasteiger partial charge in [-0.1, -0.05) is 13.0 Å². The maximum atomic E-state index is 13.5. The first-order chi connectivity index (χ1) is 9.67. The van der Waals surface area contributed by atoms with Gasteiger partial charge in [0, 0.05) is 12.6 Å². The molecule has 1 atom stereocenters. The van der Waals surface area contributed by atoms with Crippen molar-refractivity contribution in [1.29, 1.82) is 0 Å². The van der Waals surface area contributed by atoms with Gasteiger partial charge in [-0.05, 0) is 38.1 Å². The molecule has 0 aliphatic carbocycles. The second-order valence-corrected chi connectivity index (χ2v) is 4.94. The van der Waals surface area contributed by atoms with Crippen LogP contribution < -0.4 is 16.6 Å². The molecule has 1 unspecified atom stereocenters. The lowest BCUT2D eigenvalue weighted by Crippen LogP contribution is -2.40. The summed E-state index contributed by atoms with van der Waals surface area (Å²) in [6.07, 6.45) is 2.24. The van der Waals surface area contributed by atoms with E-state index in [-0.39, 0.29) is 17.2 Å². The molecule has 1 aromatic carbocycles. The van der Waals surface area contributed by atoms with Crippen LogP contribution in [-0.4, -0.2) is 36.5 Å². The molecule has 0 radical (unpaired) electrons. The maximum absolute atomic E-state index is 13.5. The van der Waals surface area contributed by atoms with E-state index in [1.54, 1.807) is 6.07 Å². The molecule has 110 valence electrons. The summed E-state index contributed by atoms with van der Waals surface area (Å²) in [5.74, 6) is 4.44. The van der Waals surface area contributed by atoms with Crippen LogP contribution in [0.25, 0.3) is 0 Å². The van der Waals surface area contributed by atoms with E-state index in [2.05, 4.69) is 22.6 Å². The number of rotatable bonds is 5. The predicted octanol–water partition coefficient (Wildman–Crippen LogP) is 1.33. The summed E-state index contributed by atoms with van der Waals surface area (Å²) < 4.78 is 13.5. The van der Waals surface area contributed by atoms with Crippen molar-refractivity contribution in [3.8, 4) is 0 Å². The van der Waals surface area contributed by atoms with Crippen LogP contribution in [0.5, 0.6) is 0 Å². The van der Waals surface area contributed by atoms with E-state index in [1.807, 2.05) is 0 Å². The fraction of sp³-hybridized carbons (Fsp3) is 0.500. The van der Waals surface area contributed by atoms with Crippen LogP contribution >= 0.6 is 0 Å². The second-order valence-electron chi connectivity index (χ2n) is 4.94. The molecule has 1 fully saturated rings. The number of likely N-dealkylation sites (tertiary alicyclic amines) is 1. The Bertz CT molecular complexity index is 480. The number of likely N-dealkylation sites (N-methyl/N-ethyl adjacent to an activating group) is 1. The minimum absolute atomic E-state index is 0.0313. The number of amides is 1. The average Bonchev–Trinajstić information content (AvgIpc) is 2.91. The van der Waals surface area contributed by atoms with E-state index >= 15 is 0 Å². The summed E-state index contributed by atoms with van der Waals surface area (Å²) in [7, 11) is 0. The summed E-state index contributed by atoms with van der Waals surface area (Å²) in [6, 6.07) is 4.69. The molecule has 6 heteroatoms. The van der Waals surface area contributed by atoms with Gasteiger partial charge in [0.1, 0.15) is 5.82 Å². The zero-order valence-corrected chi connectivity index (χ0v) is 11.7. The first kappa shape index (κ1) is 14.7. The third-order valence-corrected chi connectivity index (χ3v) is 3.81. The number of nitrogens with two attached hydrogens (primary N) is 1. The number of halogens is 1. The monoisotopic (exact) mass is 280 g/mol. The number of nitrogen functional groups attached to an aromatic ring is 1.